The Balaban J connectivity index is 2.74. The Bertz CT molecular complexity index is 388. The lowest BCUT2D eigenvalue weighted by molar-refractivity contribution is 0.601. The molecule has 0 aliphatic heterocycles. The average Bonchev–Trinajstić information content (AvgIpc) is 2.08. The molecule has 0 spiro atoms. The van der Waals surface area contributed by atoms with Crippen LogP contribution < -0.4 is 10.5 Å². The highest BCUT2D eigenvalue weighted by molar-refractivity contribution is 7.92. The predicted octanol–water partition coefficient (Wildman–Crippen LogP) is 0.526. The number of hydrogen-bond donors (Lipinski definition) is 2. The second-order valence-corrected chi connectivity index (χ2v) is 4.56. The van der Waals surface area contributed by atoms with Crippen LogP contribution in [0.25, 0.3) is 0 Å². The van der Waals surface area contributed by atoms with Crippen molar-refractivity contribution in [1.29, 1.82) is 0 Å². The molecular weight excluding hydrogens is 207 g/mol. The standard InChI is InChI=1S/C8H11FN2O2S/c9-7-1-3-8(4-2-7)11-14(12,13)6-5-10/h1-4,11H,5-6,10H2. The topological polar surface area (TPSA) is 72.2 Å². The van der Waals surface area contributed by atoms with Crippen molar-refractivity contribution in [3.63, 3.8) is 0 Å². The molecule has 0 aliphatic carbocycles. The number of hydrogen-bond acceptors (Lipinski definition) is 3. The molecule has 4 nitrogen and oxygen atoms in total. The zero-order chi connectivity index (χ0) is 10.6. The number of nitrogens with one attached hydrogen (secondary N) is 1. The van der Waals surface area contributed by atoms with E-state index in [0.717, 1.165) is 0 Å². The molecule has 0 atom stereocenters. The minimum absolute atomic E-state index is 0.0521. The third-order valence-electron chi connectivity index (χ3n) is 1.50. The maximum atomic E-state index is 12.5. The van der Waals surface area contributed by atoms with Crippen LogP contribution in [0.15, 0.2) is 24.3 Å². The van der Waals surface area contributed by atoms with E-state index in [4.69, 9.17) is 5.73 Å². The van der Waals surface area contributed by atoms with Crippen molar-refractivity contribution in [3.05, 3.63) is 30.1 Å². The first-order valence-electron chi connectivity index (χ1n) is 3.99. The van der Waals surface area contributed by atoms with E-state index in [-0.39, 0.29) is 12.3 Å². The van der Waals surface area contributed by atoms with E-state index in [1.165, 1.54) is 24.3 Å². The molecule has 0 saturated heterocycles. The summed E-state index contributed by atoms with van der Waals surface area (Å²) in [5.41, 5.74) is 5.45. The number of benzene rings is 1. The molecule has 0 saturated carbocycles. The number of rotatable bonds is 4. The third-order valence-corrected chi connectivity index (χ3v) is 2.82. The van der Waals surface area contributed by atoms with Gasteiger partial charge in [0.25, 0.3) is 0 Å². The van der Waals surface area contributed by atoms with E-state index in [1.54, 1.807) is 0 Å². The highest BCUT2D eigenvalue weighted by Crippen LogP contribution is 2.09. The van der Waals surface area contributed by atoms with E-state index in [2.05, 4.69) is 4.72 Å². The molecule has 1 aromatic carbocycles. The van der Waals surface area contributed by atoms with Crippen molar-refractivity contribution in [3.8, 4) is 0 Å². The van der Waals surface area contributed by atoms with Gasteiger partial charge in [0.05, 0.1) is 5.75 Å². The van der Waals surface area contributed by atoms with E-state index in [0.29, 0.717) is 5.69 Å². The lowest BCUT2D eigenvalue weighted by Gasteiger charge is -2.05. The SMILES string of the molecule is NCCS(=O)(=O)Nc1ccc(F)cc1. The molecule has 0 heterocycles. The first kappa shape index (κ1) is 10.9. The molecule has 0 aromatic heterocycles. The van der Waals surface area contributed by atoms with Crippen LogP contribution >= 0.6 is 0 Å². The molecule has 0 amide bonds. The molecule has 3 N–H and O–H groups in total. The molecule has 0 unspecified atom stereocenters. The normalized spacial score (nSPS) is 11.3. The fraction of sp³-hybridized carbons (Fsp3) is 0.250. The molecule has 0 radical (unpaired) electrons. The Hall–Kier alpha value is -1.14. The largest absolute Gasteiger partial charge is 0.329 e. The summed E-state index contributed by atoms with van der Waals surface area (Å²) < 4.78 is 37.1. The quantitative estimate of drug-likeness (QED) is 0.774. The summed E-state index contributed by atoms with van der Waals surface area (Å²) >= 11 is 0. The highest BCUT2D eigenvalue weighted by atomic mass is 32.2. The molecule has 0 fully saturated rings. The van der Waals surface area contributed by atoms with Gasteiger partial charge in [-0.2, -0.15) is 0 Å². The molecular formula is C8H11FN2O2S. The second kappa shape index (κ2) is 4.39. The summed E-state index contributed by atoms with van der Waals surface area (Å²) in [6, 6.07) is 5.06. The minimum atomic E-state index is -3.39. The van der Waals surface area contributed by atoms with E-state index in [9.17, 15) is 12.8 Å². The smallest absolute Gasteiger partial charge is 0.233 e. The monoisotopic (exact) mass is 218 g/mol. The Morgan fingerprint density at radius 1 is 1.29 bits per heavy atom. The summed E-state index contributed by atoms with van der Waals surface area (Å²) in [6.45, 7) is 0.0521. The van der Waals surface area contributed by atoms with Gasteiger partial charge in [0.2, 0.25) is 10.0 Å². The molecule has 1 aromatic rings. The van der Waals surface area contributed by atoms with Crippen LogP contribution in [0.5, 0.6) is 0 Å². The van der Waals surface area contributed by atoms with Crippen LogP contribution in [0.1, 0.15) is 0 Å². The number of halogens is 1. The molecule has 0 bridgehead atoms. The van der Waals surface area contributed by atoms with Crippen LogP contribution in [0.3, 0.4) is 0 Å². The minimum Gasteiger partial charge on any atom is -0.329 e. The van der Waals surface area contributed by atoms with Crippen LogP contribution in [0.2, 0.25) is 0 Å². The van der Waals surface area contributed by atoms with Gasteiger partial charge >= 0.3 is 0 Å². The maximum Gasteiger partial charge on any atom is 0.233 e. The van der Waals surface area contributed by atoms with Crippen molar-refractivity contribution in [2.75, 3.05) is 17.0 Å². The van der Waals surface area contributed by atoms with Crippen molar-refractivity contribution in [2.24, 2.45) is 5.73 Å². The van der Waals surface area contributed by atoms with Gasteiger partial charge in [0.15, 0.2) is 0 Å². The second-order valence-electron chi connectivity index (χ2n) is 2.72. The summed E-state index contributed by atoms with van der Waals surface area (Å²) in [7, 11) is -3.39. The zero-order valence-corrected chi connectivity index (χ0v) is 8.22. The summed E-state index contributed by atoms with van der Waals surface area (Å²) in [5, 5.41) is 0. The Kier molecular flexibility index (Phi) is 3.43. The highest BCUT2D eigenvalue weighted by Gasteiger charge is 2.08. The van der Waals surface area contributed by atoms with Crippen LogP contribution in [-0.2, 0) is 10.0 Å². The molecule has 14 heavy (non-hydrogen) atoms. The maximum absolute atomic E-state index is 12.5. The summed E-state index contributed by atoms with van der Waals surface area (Å²) in [4.78, 5) is 0. The van der Waals surface area contributed by atoms with Gasteiger partial charge < -0.3 is 5.73 Å². The first-order valence-corrected chi connectivity index (χ1v) is 5.65. The lowest BCUT2D eigenvalue weighted by atomic mass is 10.3. The first-order chi connectivity index (χ1) is 6.53. The Morgan fingerprint density at radius 3 is 2.36 bits per heavy atom. The van der Waals surface area contributed by atoms with Crippen molar-refractivity contribution >= 4 is 15.7 Å². The summed E-state index contributed by atoms with van der Waals surface area (Å²) in [5.74, 6) is -0.559. The van der Waals surface area contributed by atoms with Gasteiger partial charge in [0, 0.05) is 12.2 Å². The number of nitrogens with two attached hydrogens (primary N) is 1. The van der Waals surface area contributed by atoms with Crippen LogP contribution in [-0.4, -0.2) is 20.7 Å². The van der Waals surface area contributed by atoms with E-state index >= 15 is 0 Å². The lowest BCUT2D eigenvalue weighted by Crippen LogP contribution is -2.22. The van der Waals surface area contributed by atoms with Crippen LogP contribution in [0, 0.1) is 5.82 Å². The third kappa shape index (κ3) is 3.31. The van der Waals surface area contributed by atoms with Crippen molar-refractivity contribution < 1.29 is 12.8 Å². The number of anilines is 1. The van der Waals surface area contributed by atoms with Crippen LogP contribution in [0.4, 0.5) is 10.1 Å². The van der Waals surface area contributed by atoms with Crippen molar-refractivity contribution in [2.45, 2.75) is 0 Å². The predicted molar refractivity (Wildman–Crippen MR) is 52.9 cm³/mol. The number of sulfonamides is 1. The van der Waals surface area contributed by atoms with E-state index < -0.39 is 15.8 Å². The van der Waals surface area contributed by atoms with Gasteiger partial charge in [-0.15, -0.1) is 0 Å². The molecule has 78 valence electrons. The van der Waals surface area contributed by atoms with Gasteiger partial charge in [-0.25, -0.2) is 12.8 Å². The fourth-order valence-electron chi connectivity index (χ4n) is 0.904. The molecule has 6 heteroatoms. The van der Waals surface area contributed by atoms with Gasteiger partial charge in [0.1, 0.15) is 5.82 Å². The Labute approximate surface area is 82.0 Å². The average molecular weight is 218 g/mol. The zero-order valence-electron chi connectivity index (χ0n) is 7.40. The van der Waals surface area contributed by atoms with Crippen molar-refractivity contribution in [1.82, 2.24) is 0 Å². The van der Waals surface area contributed by atoms with Gasteiger partial charge in [-0.05, 0) is 24.3 Å². The fourth-order valence-corrected chi connectivity index (χ4v) is 1.81. The molecule has 0 aliphatic rings. The van der Waals surface area contributed by atoms with E-state index in [1.807, 2.05) is 0 Å². The van der Waals surface area contributed by atoms with Gasteiger partial charge in [-0.3, -0.25) is 4.72 Å². The Morgan fingerprint density at radius 2 is 1.86 bits per heavy atom. The summed E-state index contributed by atoms with van der Waals surface area (Å²) in [6.07, 6.45) is 0. The van der Waals surface area contributed by atoms with Gasteiger partial charge in [-0.1, -0.05) is 0 Å². The molecule has 1 rings (SSSR count).